The van der Waals surface area contributed by atoms with E-state index in [-0.39, 0.29) is 29.8 Å². The predicted molar refractivity (Wildman–Crippen MR) is 140 cm³/mol. The number of halogens is 10. The third-order valence-corrected chi connectivity index (χ3v) is 7.65. The lowest BCUT2D eigenvalue weighted by Crippen LogP contribution is -2.59. The molecule has 0 aliphatic rings. The molecule has 242 valence electrons. The molecule has 4 aromatic carbocycles. The molecule has 0 heterocycles. The SMILES string of the molecule is O=C(c1ccc(F)cc1)c1ccc(C(F)(F)C(F)(F)C(F)(F)C(F)(F)c2ccc(C(=O)c3ccc(F)c(S(=O)(=O)O)c3)cc2)cc1. The molecule has 0 radical (unpaired) electrons. The van der Waals surface area contributed by atoms with E-state index in [1.165, 1.54) is 0 Å². The average Bonchev–Trinajstić information content (AvgIpc) is 3.00. The standard InChI is InChI=1S/C30H16F10O5S/c31-22-12-5-18(6-13-22)25(41)16-1-8-20(9-2-16)27(33,34)29(37,38)30(39,40)28(35,36)21-10-3-17(4-11-21)26(42)19-7-14-23(32)24(15-19)46(43,44)45/h1-15H,(H,43,44,45). The second kappa shape index (κ2) is 11.7. The van der Waals surface area contributed by atoms with Gasteiger partial charge < -0.3 is 0 Å². The van der Waals surface area contributed by atoms with Gasteiger partial charge >= 0.3 is 23.7 Å². The van der Waals surface area contributed by atoms with Crippen molar-refractivity contribution in [3.63, 3.8) is 0 Å². The van der Waals surface area contributed by atoms with Gasteiger partial charge in [0.15, 0.2) is 11.6 Å². The lowest BCUT2D eigenvalue weighted by molar-refractivity contribution is -0.374. The summed E-state index contributed by atoms with van der Waals surface area (Å²) in [6, 6.07) is 7.90. The van der Waals surface area contributed by atoms with Crippen molar-refractivity contribution in [2.75, 3.05) is 0 Å². The van der Waals surface area contributed by atoms with Crippen LogP contribution in [-0.4, -0.2) is 36.4 Å². The lowest BCUT2D eigenvalue weighted by Gasteiger charge is -2.37. The molecule has 0 amide bonds. The van der Waals surface area contributed by atoms with Crippen molar-refractivity contribution in [1.82, 2.24) is 0 Å². The molecule has 46 heavy (non-hydrogen) atoms. The van der Waals surface area contributed by atoms with Crippen molar-refractivity contribution in [2.24, 2.45) is 0 Å². The Labute approximate surface area is 252 Å². The van der Waals surface area contributed by atoms with Gasteiger partial charge in [0.1, 0.15) is 16.5 Å². The Hall–Kier alpha value is -4.57. The molecular weight excluding hydrogens is 662 g/mol. The minimum atomic E-state index is -6.76. The Morgan fingerprint density at radius 2 is 0.848 bits per heavy atom. The fourth-order valence-electron chi connectivity index (χ4n) is 4.20. The lowest BCUT2D eigenvalue weighted by atomic mass is 9.89. The zero-order valence-corrected chi connectivity index (χ0v) is 23.2. The first-order valence-electron chi connectivity index (χ1n) is 12.5. The van der Waals surface area contributed by atoms with Gasteiger partial charge in [-0.2, -0.15) is 43.5 Å². The molecule has 0 saturated carbocycles. The molecular formula is C30H16F10O5S. The van der Waals surface area contributed by atoms with Crippen molar-refractivity contribution < 1.29 is 66.5 Å². The molecule has 4 aromatic rings. The maximum Gasteiger partial charge on any atom is 0.382 e. The Morgan fingerprint density at radius 1 is 0.522 bits per heavy atom. The molecule has 0 atom stereocenters. The van der Waals surface area contributed by atoms with Crippen molar-refractivity contribution >= 4 is 21.7 Å². The van der Waals surface area contributed by atoms with E-state index in [0.29, 0.717) is 36.4 Å². The molecule has 0 bridgehead atoms. The number of hydrogen-bond acceptors (Lipinski definition) is 4. The van der Waals surface area contributed by atoms with Gasteiger partial charge in [-0.15, -0.1) is 0 Å². The fourth-order valence-corrected chi connectivity index (χ4v) is 4.79. The second-order valence-electron chi connectivity index (χ2n) is 9.74. The van der Waals surface area contributed by atoms with Gasteiger partial charge in [-0.25, -0.2) is 8.78 Å². The van der Waals surface area contributed by atoms with Crippen molar-refractivity contribution in [3.8, 4) is 0 Å². The van der Waals surface area contributed by atoms with E-state index in [9.17, 15) is 61.9 Å². The first kappa shape index (κ1) is 34.3. The smallest absolute Gasteiger partial charge is 0.289 e. The summed E-state index contributed by atoms with van der Waals surface area (Å²) in [7, 11) is -5.15. The summed E-state index contributed by atoms with van der Waals surface area (Å²) in [6.45, 7) is 0. The Morgan fingerprint density at radius 3 is 1.22 bits per heavy atom. The molecule has 0 saturated heterocycles. The first-order chi connectivity index (χ1) is 21.1. The van der Waals surface area contributed by atoms with E-state index < -0.39 is 89.7 Å². The van der Waals surface area contributed by atoms with E-state index in [2.05, 4.69) is 0 Å². The van der Waals surface area contributed by atoms with Gasteiger partial charge in [0, 0.05) is 33.4 Å². The van der Waals surface area contributed by atoms with Gasteiger partial charge in [0.05, 0.1) is 0 Å². The Balaban J connectivity index is 1.61. The molecule has 4 rings (SSSR count). The van der Waals surface area contributed by atoms with E-state index >= 15 is 0 Å². The molecule has 5 nitrogen and oxygen atoms in total. The molecule has 0 unspecified atom stereocenters. The molecule has 0 aliphatic carbocycles. The molecule has 1 N–H and O–H groups in total. The topological polar surface area (TPSA) is 88.5 Å². The summed E-state index contributed by atoms with van der Waals surface area (Å²) in [5.41, 5.74) is -5.52. The quantitative estimate of drug-likeness (QED) is 0.105. The van der Waals surface area contributed by atoms with Crippen LogP contribution < -0.4 is 0 Å². The van der Waals surface area contributed by atoms with Crippen LogP contribution >= 0.6 is 0 Å². The van der Waals surface area contributed by atoms with Crippen LogP contribution in [0.5, 0.6) is 0 Å². The second-order valence-corrected chi connectivity index (χ2v) is 11.1. The molecule has 0 aliphatic heterocycles. The van der Waals surface area contributed by atoms with Crippen LogP contribution in [0.2, 0.25) is 0 Å². The summed E-state index contributed by atoms with van der Waals surface area (Å²) in [5.74, 6) is -29.7. The largest absolute Gasteiger partial charge is 0.382 e. The third-order valence-electron chi connectivity index (χ3n) is 6.78. The van der Waals surface area contributed by atoms with E-state index in [1.54, 1.807) is 0 Å². The summed E-state index contributed by atoms with van der Waals surface area (Å²) in [5, 5.41) is 0. The van der Waals surface area contributed by atoms with Gasteiger partial charge in [-0.3, -0.25) is 14.1 Å². The van der Waals surface area contributed by atoms with Crippen LogP contribution in [0.15, 0.2) is 95.9 Å². The molecule has 0 spiro atoms. The Kier molecular flexibility index (Phi) is 8.69. The molecule has 0 fully saturated rings. The fraction of sp³-hybridized carbons (Fsp3) is 0.133. The molecule has 0 aromatic heterocycles. The van der Waals surface area contributed by atoms with Crippen LogP contribution in [0.1, 0.15) is 43.0 Å². The van der Waals surface area contributed by atoms with Crippen molar-refractivity contribution in [1.29, 1.82) is 0 Å². The highest BCUT2D eigenvalue weighted by atomic mass is 32.2. The summed E-state index contributed by atoms with van der Waals surface area (Å²) < 4.78 is 177. The van der Waals surface area contributed by atoms with Gasteiger partial charge in [-0.05, 0) is 42.5 Å². The summed E-state index contributed by atoms with van der Waals surface area (Å²) >= 11 is 0. The van der Waals surface area contributed by atoms with E-state index in [0.717, 1.165) is 30.3 Å². The summed E-state index contributed by atoms with van der Waals surface area (Å²) in [4.78, 5) is 23.7. The number of carbonyl (C=O) groups excluding carboxylic acids is 2. The summed E-state index contributed by atoms with van der Waals surface area (Å²) in [6.07, 6.45) is 0. The van der Waals surface area contributed by atoms with Crippen LogP contribution in [-0.2, 0) is 22.0 Å². The number of benzene rings is 4. The van der Waals surface area contributed by atoms with E-state index in [4.69, 9.17) is 4.55 Å². The van der Waals surface area contributed by atoms with Crippen LogP contribution in [0.25, 0.3) is 0 Å². The number of ketones is 2. The van der Waals surface area contributed by atoms with Gasteiger partial charge in [0.25, 0.3) is 10.1 Å². The highest BCUT2D eigenvalue weighted by molar-refractivity contribution is 7.85. The van der Waals surface area contributed by atoms with E-state index in [1.807, 2.05) is 0 Å². The monoisotopic (exact) mass is 678 g/mol. The zero-order chi connectivity index (χ0) is 34.5. The maximum atomic E-state index is 14.9. The molecule has 16 heteroatoms. The Bertz CT molecular complexity index is 1910. The minimum absolute atomic E-state index is 0.0679. The predicted octanol–water partition coefficient (Wildman–Crippen LogP) is 7.83. The number of rotatable bonds is 10. The van der Waals surface area contributed by atoms with Crippen LogP contribution in [0.4, 0.5) is 43.9 Å². The number of hydrogen-bond donors (Lipinski definition) is 1. The average molecular weight is 679 g/mol. The third kappa shape index (κ3) is 5.89. The van der Waals surface area contributed by atoms with Crippen molar-refractivity contribution in [2.45, 2.75) is 28.6 Å². The zero-order valence-electron chi connectivity index (χ0n) is 22.4. The highest BCUT2D eigenvalue weighted by Crippen LogP contribution is 2.59. The van der Waals surface area contributed by atoms with Gasteiger partial charge in [0.2, 0.25) is 0 Å². The number of alkyl halides is 8. The first-order valence-corrected chi connectivity index (χ1v) is 13.9. The maximum absolute atomic E-state index is 14.9. The minimum Gasteiger partial charge on any atom is -0.289 e. The van der Waals surface area contributed by atoms with Crippen LogP contribution in [0.3, 0.4) is 0 Å². The number of carbonyl (C=O) groups is 2. The van der Waals surface area contributed by atoms with Crippen LogP contribution in [0, 0.1) is 11.6 Å². The highest BCUT2D eigenvalue weighted by Gasteiger charge is 2.81. The normalized spacial score (nSPS) is 13.0. The van der Waals surface area contributed by atoms with Crippen molar-refractivity contribution in [3.05, 3.63) is 136 Å². The van der Waals surface area contributed by atoms with Gasteiger partial charge in [-0.1, -0.05) is 48.5 Å².